The van der Waals surface area contributed by atoms with Crippen molar-refractivity contribution in [1.29, 1.82) is 0 Å². The summed E-state index contributed by atoms with van der Waals surface area (Å²) in [5.41, 5.74) is 7.65. The molecule has 0 saturated carbocycles. The van der Waals surface area contributed by atoms with E-state index < -0.39 is 0 Å². The fraction of sp³-hybridized carbons (Fsp3) is 0.294. The summed E-state index contributed by atoms with van der Waals surface area (Å²) < 4.78 is 19.3. The lowest BCUT2D eigenvalue weighted by atomic mass is 10.0. The first-order chi connectivity index (χ1) is 9.60. The molecule has 0 spiro atoms. The van der Waals surface area contributed by atoms with Crippen LogP contribution in [0.25, 0.3) is 0 Å². The average Bonchev–Trinajstić information content (AvgIpc) is 2.45. The molecule has 0 aliphatic heterocycles. The van der Waals surface area contributed by atoms with Crippen LogP contribution in [0.15, 0.2) is 42.5 Å². The zero-order chi connectivity index (χ0) is 14.5. The monoisotopic (exact) mass is 273 g/mol. The first-order valence-electron chi connectivity index (χ1n) is 6.87. The van der Waals surface area contributed by atoms with Crippen molar-refractivity contribution in [2.45, 2.75) is 32.7 Å². The number of halogens is 1. The molecule has 2 aromatic carbocycles. The zero-order valence-electron chi connectivity index (χ0n) is 11.9. The number of rotatable bonds is 5. The Labute approximate surface area is 119 Å². The highest BCUT2D eigenvalue weighted by atomic mass is 19.1. The molecule has 0 aliphatic carbocycles. The van der Waals surface area contributed by atoms with E-state index in [0.29, 0.717) is 11.3 Å². The molecule has 0 fully saturated rings. The highest BCUT2D eigenvalue weighted by Crippen LogP contribution is 2.27. The van der Waals surface area contributed by atoms with Gasteiger partial charge in [0.25, 0.3) is 0 Å². The quantitative estimate of drug-likeness (QED) is 0.885. The Morgan fingerprint density at radius 3 is 2.65 bits per heavy atom. The third kappa shape index (κ3) is 3.58. The van der Waals surface area contributed by atoms with Gasteiger partial charge in [0.2, 0.25) is 0 Å². The van der Waals surface area contributed by atoms with Crippen LogP contribution < -0.4 is 10.5 Å². The lowest BCUT2D eigenvalue weighted by Crippen LogP contribution is -2.21. The number of aryl methyl sites for hydroxylation is 1. The van der Waals surface area contributed by atoms with Gasteiger partial charge in [0, 0.05) is 12.1 Å². The Morgan fingerprint density at radius 2 is 1.95 bits per heavy atom. The normalized spacial score (nSPS) is 12.2. The van der Waals surface area contributed by atoms with Crippen LogP contribution in [0, 0.1) is 12.7 Å². The molecule has 2 N–H and O–H groups in total. The molecule has 3 heteroatoms. The maximum atomic E-state index is 13.5. The topological polar surface area (TPSA) is 35.2 Å². The van der Waals surface area contributed by atoms with Crippen LogP contribution in [0.4, 0.5) is 4.39 Å². The molecule has 106 valence electrons. The molecule has 0 aromatic heterocycles. The number of benzene rings is 2. The van der Waals surface area contributed by atoms with E-state index >= 15 is 0 Å². The fourth-order valence-corrected chi connectivity index (χ4v) is 1.96. The predicted octanol–water partition coefficient (Wildman–Crippen LogP) is 4.21. The second kappa shape index (κ2) is 6.53. The maximum Gasteiger partial charge on any atom is 0.130 e. The first-order valence-corrected chi connectivity index (χ1v) is 6.87. The number of nitrogens with two attached hydrogens (primary N) is 1. The standard InChI is InChI=1S/C17H20FNO/c1-3-14(19)10-13-6-4-5-7-17(13)20-15-9-8-12(2)16(18)11-15/h4-9,11,14H,3,10,19H2,1-2H3. The van der Waals surface area contributed by atoms with Gasteiger partial charge in [-0.25, -0.2) is 4.39 Å². The molecule has 20 heavy (non-hydrogen) atoms. The summed E-state index contributed by atoms with van der Waals surface area (Å²) in [5, 5.41) is 0. The highest BCUT2D eigenvalue weighted by molar-refractivity contribution is 5.39. The lowest BCUT2D eigenvalue weighted by molar-refractivity contribution is 0.466. The molecule has 0 aliphatic rings. The molecule has 0 radical (unpaired) electrons. The van der Waals surface area contributed by atoms with Gasteiger partial charge in [0.05, 0.1) is 0 Å². The maximum absolute atomic E-state index is 13.5. The number of hydrogen-bond acceptors (Lipinski definition) is 2. The van der Waals surface area contributed by atoms with Gasteiger partial charge in [0.15, 0.2) is 0 Å². The van der Waals surface area contributed by atoms with E-state index in [0.717, 1.165) is 24.2 Å². The lowest BCUT2D eigenvalue weighted by Gasteiger charge is -2.14. The van der Waals surface area contributed by atoms with Crippen molar-refractivity contribution >= 4 is 0 Å². The molecule has 0 bridgehead atoms. The first kappa shape index (κ1) is 14.5. The van der Waals surface area contributed by atoms with Crippen molar-refractivity contribution in [3.63, 3.8) is 0 Å². The van der Waals surface area contributed by atoms with Gasteiger partial charge in [-0.05, 0) is 43.0 Å². The van der Waals surface area contributed by atoms with Gasteiger partial charge in [-0.15, -0.1) is 0 Å². The zero-order valence-corrected chi connectivity index (χ0v) is 11.9. The minimum atomic E-state index is -0.259. The number of hydrogen-bond donors (Lipinski definition) is 1. The van der Waals surface area contributed by atoms with Crippen molar-refractivity contribution in [2.75, 3.05) is 0 Å². The van der Waals surface area contributed by atoms with Gasteiger partial charge in [-0.1, -0.05) is 31.2 Å². The van der Waals surface area contributed by atoms with Crippen LogP contribution in [0.2, 0.25) is 0 Å². The molecule has 1 atom stereocenters. The van der Waals surface area contributed by atoms with E-state index in [2.05, 4.69) is 6.92 Å². The van der Waals surface area contributed by atoms with Gasteiger partial charge in [0.1, 0.15) is 17.3 Å². The molecule has 2 aromatic rings. The third-order valence-corrected chi connectivity index (χ3v) is 3.35. The van der Waals surface area contributed by atoms with Crippen molar-refractivity contribution in [1.82, 2.24) is 0 Å². The Bertz CT molecular complexity index is 583. The van der Waals surface area contributed by atoms with Crippen molar-refractivity contribution in [3.05, 3.63) is 59.4 Å². The molecule has 2 rings (SSSR count). The van der Waals surface area contributed by atoms with Gasteiger partial charge in [-0.3, -0.25) is 0 Å². The smallest absolute Gasteiger partial charge is 0.130 e. The van der Waals surface area contributed by atoms with Crippen molar-refractivity contribution < 1.29 is 9.13 Å². The second-order valence-corrected chi connectivity index (χ2v) is 4.99. The Morgan fingerprint density at radius 1 is 1.20 bits per heavy atom. The van der Waals surface area contributed by atoms with E-state index in [9.17, 15) is 4.39 Å². The van der Waals surface area contributed by atoms with Crippen LogP contribution in [0.1, 0.15) is 24.5 Å². The van der Waals surface area contributed by atoms with E-state index in [4.69, 9.17) is 10.5 Å². The van der Waals surface area contributed by atoms with Crippen LogP contribution in [0.3, 0.4) is 0 Å². The minimum Gasteiger partial charge on any atom is -0.457 e. The minimum absolute atomic E-state index is 0.106. The van der Waals surface area contributed by atoms with Crippen LogP contribution in [-0.4, -0.2) is 6.04 Å². The predicted molar refractivity (Wildman–Crippen MR) is 79.6 cm³/mol. The summed E-state index contributed by atoms with van der Waals surface area (Å²) >= 11 is 0. The van der Waals surface area contributed by atoms with Gasteiger partial charge < -0.3 is 10.5 Å². The van der Waals surface area contributed by atoms with Crippen LogP contribution in [-0.2, 0) is 6.42 Å². The van der Waals surface area contributed by atoms with E-state index in [1.54, 1.807) is 19.1 Å². The molecule has 1 unspecified atom stereocenters. The molecular weight excluding hydrogens is 253 g/mol. The molecule has 0 saturated heterocycles. The summed E-state index contributed by atoms with van der Waals surface area (Å²) in [7, 11) is 0. The van der Waals surface area contributed by atoms with Crippen LogP contribution >= 0.6 is 0 Å². The summed E-state index contributed by atoms with van der Waals surface area (Å²) in [6.45, 7) is 3.79. The summed E-state index contributed by atoms with van der Waals surface area (Å²) in [4.78, 5) is 0. The van der Waals surface area contributed by atoms with Crippen molar-refractivity contribution in [3.8, 4) is 11.5 Å². The summed E-state index contributed by atoms with van der Waals surface area (Å²) in [5.74, 6) is 0.982. The molecule has 2 nitrogen and oxygen atoms in total. The highest BCUT2D eigenvalue weighted by Gasteiger charge is 2.09. The molecule has 0 amide bonds. The van der Waals surface area contributed by atoms with Crippen LogP contribution in [0.5, 0.6) is 11.5 Å². The SMILES string of the molecule is CCC(N)Cc1ccccc1Oc1ccc(C)c(F)c1. The molecule has 0 heterocycles. The Balaban J connectivity index is 2.22. The van der Waals surface area contributed by atoms with E-state index in [-0.39, 0.29) is 11.9 Å². The van der Waals surface area contributed by atoms with Crippen molar-refractivity contribution in [2.24, 2.45) is 5.73 Å². The second-order valence-electron chi connectivity index (χ2n) is 4.99. The Hall–Kier alpha value is -1.87. The largest absolute Gasteiger partial charge is 0.457 e. The number of para-hydroxylation sites is 1. The number of ether oxygens (including phenoxy) is 1. The summed E-state index contributed by atoms with van der Waals surface area (Å²) in [6.07, 6.45) is 1.66. The van der Waals surface area contributed by atoms with E-state index in [1.165, 1.54) is 6.07 Å². The Kier molecular flexibility index (Phi) is 4.74. The fourth-order valence-electron chi connectivity index (χ4n) is 1.96. The van der Waals surface area contributed by atoms with Gasteiger partial charge in [-0.2, -0.15) is 0 Å². The summed E-state index contributed by atoms with van der Waals surface area (Å²) in [6, 6.07) is 12.7. The third-order valence-electron chi connectivity index (χ3n) is 3.35. The molecular formula is C17H20FNO. The average molecular weight is 273 g/mol. The van der Waals surface area contributed by atoms with Gasteiger partial charge >= 0.3 is 0 Å². The van der Waals surface area contributed by atoms with E-state index in [1.807, 2.05) is 24.3 Å².